The molecule has 0 radical (unpaired) electrons. The number of aryl methyl sites for hydroxylation is 1. The molecule has 1 aromatic carbocycles. The standard InChI is InChI=1S/C48H87ClN18O6/c49-40-42(57)65-41(56)39(64-40)47(72)66-48(58)63-26-8-3-13-33-18-20-34(21-19-33)73-32-31-67(29-11-27-61-45(70)37(54)16-4-9-24-59-43(68)35(52)14-1-6-22-50)30-12-28-62-46(71)38(55)17-5-10-25-60-44(69)36(53)15-2-7-23-51/h18-21,35-38H,1-17,22-32,50-55H2,(H,59,68)(H,60,69)(H,61,70)(H,62,71)(H4,56,57,65)(H3,58,63,66,72)/t35-,36-,37-,38-/m0/s1. The number of carbonyl (C=O) groups is 5. The van der Waals surface area contributed by atoms with E-state index in [1.54, 1.807) is 0 Å². The average molecular weight is 1050 g/mol. The zero-order valence-corrected chi connectivity index (χ0v) is 43.5. The Labute approximate surface area is 435 Å². The van der Waals surface area contributed by atoms with Crippen LogP contribution >= 0.6 is 11.6 Å². The van der Waals surface area contributed by atoms with Crippen molar-refractivity contribution in [1.82, 2.24) is 46.8 Å². The van der Waals surface area contributed by atoms with Gasteiger partial charge in [-0.1, -0.05) is 36.6 Å². The third kappa shape index (κ3) is 28.5. The second-order valence-corrected chi connectivity index (χ2v) is 18.4. The van der Waals surface area contributed by atoms with Crippen molar-refractivity contribution < 1.29 is 28.7 Å². The van der Waals surface area contributed by atoms with Crippen LogP contribution in [0.4, 0.5) is 11.6 Å². The number of guanidine groups is 1. The quantitative estimate of drug-likeness (QED) is 0.0225. The molecule has 1 aromatic heterocycles. The van der Waals surface area contributed by atoms with E-state index in [-0.39, 0.29) is 52.1 Å². The van der Waals surface area contributed by atoms with E-state index in [1.807, 2.05) is 24.3 Å². The number of amides is 5. The van der Waals surface area contributed by atoms with Gasteiger partial charge >= 0.3 is 0 Å². The Balaban J connectivity index is 1.78. The third-order valence-corrected chi connectivity index (χ3v) is 12.1. The molecule has 1 heterocycles. The van der Waals surface area contributed by atoms with E-state index in [2.05, 4.69) is 46.8 Å². The fraction of sp³-hybridized carbons (Fsp3) is 0.667. The Morgan fingerprint density at radius 3 is 1.45 bits per heavy atom. The van der Waals surface area contributed by atoms with Gasteiger partial charge in [0.05, 0.1) is 24.2 Å². The van der Waals surface area contributed by atoms with Gasteiger partial charge in [0.25, 0.3) is 5.91 Å². The van der Waals surface area contributed by atoms with Gasteiger partial charge in [0, 0.05) is 39.3 Å². The predicted molar refractivity (Wildman–Crippen MR) is 287 cm³/mol. The molecule has 0 saturated heterocycles. The lowest BCUT2D eigenvalue weighted by atomic mass is 10.1. The van der Waals surface area contributed by atoms with Crippen LogP contribution in [-0.2, 0) is 25.6 Å². The number of ether oxygens (including phenoxy) is 1. The SMILES string of the molecule is N=C(NCCCCc1ccc(OCCN(CCCNC(=O)[C@@H](N)CCCCNC(=O)[C@@H](N)CCCCN)CCCNC(=O)[C@@H](N)CCCCNC(=O)[C@@H](N)CCCCN)cc1)NC(=O)c1nc(Cl)c(N)nc1N. The zero-order chi connectivity index (χ0) is 53.8. The van der Waals surface area contributed by atoms with Crippen molar-refractivity contribution in [2.75, 3.05) is 83.5 Å². The Bertz CT molecular complexity index is 1870. The second-order valence-electron chi connectivity index (χ2n) is 18.0. The summed E-state index contributed by atoms with van der Waals surface area (Å²) in [4.78, 5) is 72.2. The van der Waals surface area contributed by atoms with Crippen LogP contribution in [0.3, 0.4) is 0 Å². The number of carbonyl (C=O) groups excluding carboxylic acids is 5. The lowest BCUT2D eigenvalue weighted by Crippen LogP contribution is -2.43. The van der Waals surface area contributed by atoms with Gasteiger partial charge in [-0.25, -0.2) is 9.97 Å². The fourth-order valence-corrected chi connectivity index (χ4v) is 7.50. The molecule has 24 nitrogen and oxygen atoms in total. The summed E-state index contributed by atoms with van der Waals surface area (Å²) in [6, 6.07) is 5.42. The molecule has 23 N–H and O–H groups in total. The van der Waals surface area contributed by atoms with Crippen molar-refractivity contribution in [3.05, 3.63) is 40.7 Å². The van der Waals surface area contributed by atoms with Crippen molar-refractivity contribution >= 4 is 58.7 Å². The fourth-order valence-electron chi connectivity index (χ4n) is 7.37. The van der Waals surface area contributed by atoms with Gasteiger partial charge < -0.3 is 77.2 Å². The minimum atomic E-state index is -0.731. The molecule has 0 aliphatic heterocycles. The smallest absolute Gasteiger partial charge is 0.280 e. The van der Waals surface area contributed by atoms with Gasteiger partial charge in [0.15, 0.2) is 28.4 Å². The summed E-state index contributed by atoms with van der Waals surface area (Å²) in [6.45, 7) is 5.72. The van der Waals surface area contributed by atoms with Crippen molar-refractivity contribution in [1.29, 1.82) is 5.41 Å². The molecule has 0 aliphatic carbocycles. The molecule has 25 heteroatoms. The molecule has 0 saturated carbocycles. The molecule has 2 rings (SSSR count). The first kappa shape index (κ1) is 63.6. The molecule has 5 amide bonds. The lowest BCUT2D eigenvalue weighted by molar-refractivity contribution is -0.123. The Kier molecular flexibility index (Phi) is 33.3. The maximum absolute atomic E-state index is 12.8. The van der Waals surface area contributed by atoms with Crippen molar-refractivity contribution in [2.45, 2.75) is 133 Å². The first-order valence-electron chi connectivity index (χ1n) is 25.8. The molecular weight excluding hydrogens is 960 g/mol. The second kappa shape index (κ2) is 38.2. The molecular formula is C48H87ClN18O6. The number of nitrogens with zero attached hydrogens (tertiary/aromatic N) is 3. The topological polar surface area (TPSA) is 428 Å². The van der Waals surface area contributed by atoms with Gasteiger partial charge in [-0.3, -0.25) is 39.6 Å². The molecule has 0 spiro atoms. The van der Waals surface area contributed by atoms with Gasteiger partial charge in [0.1, 0.15) is 12.4 Å². The van der Waals surface area contributed by atoms with Crippen LogP contribution < -0.4 is 82.5 Å². The Hall–Kier alpha value is -5.47. The zero-order valence-electron chi connectivity index (χ0n) is 42.7. The summed E-state index contributed by atoms with van der Waals surface area (Å²) in [7, 11) is 0. The van der Waals surface area contributed by atoms with Crippen LogP contribution in [0.1, 0.15) is 119 Å². The summed E-state index contributed by atoms with van der Waals surface area (Å²) in [5.41, 5.74) is 47.5. The largest absolute Gasteiger partial charge is 0.492 e. The number of nitrogen functional groups attached to an aromatic ring is 2. The number of rotatable bonds is 40. The summed E-state index contributed by atoms with van der Waals surface area (Å²) >= 11 is 5.85. The molecule has 4 atom stereocenters. The third-order valence-electron chi connectivity index (χ3n) is 11.8. The highest BCUT2D eigenvalue weighted by Crippen LogP contribution is 2.17. The van der Waals surface area contributed by atoms with E-state index in [4.69, 9.17) is 67.6 Å². The number of hydrogen-bond acceptors (Lipinski definition) is 18. The van der Waals surface area contributed by atoms with Crippen LogP contribution in [0.15, 0.2) is 24.3 Å². The number of halogens is 1. The molecule has 2 aromatic rings. The van der Waals surface area contributed by atoms with Crippen LogP contribution in [-0.4, -0.2) is 147 Å². The van der Waals surface area contributed by atoms with E-state index in [9.17, 15) is 24.0 Å². The van der Waals surface area contributed by atoms with Gasteiger partial charge in [-0.05, 0) is 140 Å². The summed E-state index contributed by atoms with van der Waals surface area (Å²) in [5, 5.41) is 24.7. The van der Waals surface area contributed by atoms with Crippen LogP contribution in [0.2, 0.25) is 5.15 Å². The summed E-state index contributed by atoms with van der Waals surface area (Å²) < 4.78 is 6.12. The maximum Gasteiger partial charge on any atom is 0.280 e. The maximum atomic E-state index is 12.8. The van der Waals surface area contributed by atoms with Gasteiger partial charge in [-0.2, -0.15) is 0 Å². The monoisotopic (exact) mass is 1050 g/mol. The van der Waals surface area contributed by atoms with E-state index >= 15 is 0 Å². The number of nitrogens with one attached hydrogen (secondary N) is 7. The van der Waals surface area contributed by atoms with E-state index < -0.39 is 30.1 Å². The minimum absolute atomic E-state index is 0.0958. The summed E-state index contributed by atoms with van der Waals surface area (Å²) in [6.07, 6.45) is 11.8. The number of benzene rings is 1. The molecule has 0 unspecified atom stereocenters. The highest BCUT2D eigenvalue weighted by Gasteiger charge is 2.19. The first-order chi connectivity index (χ1) is 35.1. The number of aromatic nitrogens is 2. The normalized spacial score (nSPS) is 12.8. The number of unbranched alkanes of at least 4 members (excludes halogenated alkanes) is 5. The van der Waals surface area contributed by atoms with Crippen LogP contribution in [0.5, 0.6) is 5.75 Å². The molecule has 73 heavy (non-hydrogen) atoms. The Morgan fingerprint density at radius 2 is 0.986 bits per heavy atom. The van der Waals surface area contributed by atoms with Crippen LogP contribution in [0, 0.1) is 5.41 Å². The van der Waals surface area contributed by atoms with E-state index in [1.165, 1.54) is 0 Å². The van der Waals surface area contributed by atoms with Gasteiger partial charge in [-0.15, -0.1) is 0 Å². The van der Waals surface area contributed by atoms with Crippen molar-refractivity contribution in [2.24, 2.45) is 34.4 Å². The highest BCUT2D eigenvalue weighted by atomic mass is 35.5. The average Bonchev–Trinajstić information content (AvgIpc) is 3.36. The highest BCUT2D eigenvalue weighted by molar-refractivity contribution is 6.31. The number of nitrogens with two attached hydrogens (primary N) is 8. The van der Waals surface area contributed by atoms with Crippen molar-refractivity contribution in [3.63, 3.8) is 0 Å². The van der Waals surface area contributed by atoms with Crippen molar-refractivity contribution in [3.8, 4) is 5.75 Å². The molecule has 0 fully saturated rings. The summed E-state index contributed by atoms with van der Waals surface area (Å²) in [5.74, 6) is -1.34. The van der Waals surface area contributed by atoms with Gasteiger partial charge in [0.2, 0.25) is 23.6 Å². The predicted octanol–water partition coefficient (Wildman–Crippen LogP) is -0.595. The number of anilines is 2. The Morgan fingerprint density at radius 1 is 0.562 bits per heavy atom. The van der Waals surface area contributed by atoms with E-state index in [0.29, 0.717) is 136 Å². The lowest BCUT2D eigenvalue weighted by Gasteiger charge is -2.23. The minimum Gasteiger partial charge on any atom is -0.492 e. The van der Waals surface area contributed by atoms with Crippen LogP contribution in [0.25, 0.3) is 0 Å². The first-order valence-corrected chi connectivity index (χ1v) is 26.1. The molecule has 412 valence electrons. The van der Waals surface area contributed by atoms with E-state index in [0.717, 1.165) is 56.3 Å². The number of hydrogen-bond donors (Lipinski definition) is 15. The molecule has 0 bridgehead atoms. The molecule has 0 aliphatic rings.